The maximum atomic E-state index is 10.8. The number of aromatic nitrogens is 2. The van der Waals surface area contributed by atoms with Crippen molar-refractivity contribution in [2.24, 2.45) is 0 Å². The van der Waals surface area contributed by atoms with Gasteiger partial charge in [-0.2, -0.15) is 0 Å². The number of aromatic amines is 1. The Morgan fingerprint density at radius 2 is 2.26 bits per heavy atom. The predicted octanol–water partition coefficient (Wildman–Crippen LogP) is 3.55. The van der Waals surface area contributed by atoms with E-state index >= 15 is 0 Å². The fraction of sp³-hybridized carbons (Fsp3) is 0.273. The SMILES string of the molecule is CC(Oc1ccc(Br)c(Br)c1)SCc1n[nH]c(=O)o1. The molecule has 1 aromatic heterocycles. The summed E-state index contributed by atoms with van der Waals surface area (Å²) in [6, 6.07) is 5.67. The quantitative estimate of drug-likeness (QED) is 0.764. The molecule has 19 heavy (non-hydrogen) atoms. The predicted molar refractivity (Wildman–Crippen MR) is 80.4 cm³/mol. The summed E-state index contributed by atoms with van der Waals surface area (Å²) >= 11 is 8.30. The van der Waals surface area contributed by atoms with Crippen LogP contribution in [0.25, 0.3) is 0 Å². The standard InChI is InChI=1S/C11H10Br2N2O3S/c1-6(19-5-10-14-15-11(16)18-10)17-7-2-3-8(12)9(13)4-7/h2-4,6H,5H2,1H3,(H,15,16). The normalized spacial score (nSPS) is 12.4. The van der Waals surface area contributed by atoms with Crippen molar-refractivity contribution in [1.29, 1.82) is 0 Å². The van der Waals surface area contributed by atoms with Gasteiger partial charge in [0.25, 0.3) is 0 Å². The van der Waals surface area contributed by atoms with Crippen molar-refractivity contribution in [3.63, 3.8) is 0 Å². The molecule has 0 spiro atoms. The van der Waals surface area contributed by atoms with Gasteiger partial charge in [-0.3, -0.25) is 0 Å². The van der Waals surface area contributed by atoms with Gasteiger partial charge in [-0.05, 0) is 57.0 Å². The third-order valence-electron chi connectivity index (χ3n) is 2.12. The summed E-state index contributed by atoms with van der Waals surface area (Å²) in [6.07, 6.45) is 0. The summed E-state index contributed by atoms with van der Waals surface area (Å²) in [5.41, 5.74) is -0.0879. The van der Waals surface area contributed by atoms with Crippen LogP contribution in [0.2, 0.25) is 0 Å². The van der Waals surface area contributed by atoms with E-state index in [0.29, 0.717) is 11.6 Å². The van der Waals surface area contributed by atoms with Crippen molar-refractivity contribution in [1.82, 2.24) is 10.2 Å². The van der Waals surface area contributed by atoms with Crippen LogP contribution in [0.1, 0.15) is 12.8 Å². The molecule has 1 unspecified atom stereocenters. The molecule has 1 N–H and O–H groups in total. The lowest BCUT2D eigenvalue weighted by Gasteiger charge is -2.13. The van der Waals surface area contributed by atoms with Gasteiger partial charge in [-0.1, -0.05) is 0 Å². The zero-order valence-electron chi connectivity index (χ0n) is 9.85. The number of halogens is 2. The van der Waals surface area contributed by atoms with Crippen LogP contribution >= 0.6 is 43.6 Å². The Morgan fingerprint density at radius 1 is 1.47 bits per heavy atom. The van der Waals surface area contributed by atoms with Gasteiger partial charge in [0.1, 0.15) is 11.2 Å². The van der Waals surface area contributed by atoms with Gasteiger partial charge >= 0.3 is 5.76 Å². The molecular formula is C11H10Br2N2O3S. The van der Waals surface area contributed by atoms with Crippen LogP contribution in [-0.2, 0) is 5.75 Å². The van der Waals surface area contributed by atoms with Crippen LogP contribution in [0.5, 0.6) is 5.75 Å². The Hall–Kier alpha value is -0.730. The number of rotatable bonds is 5. The highest BCUT2D eigenvalue weighted by molar-refractivity contribution is 9.13. The van der Waals surface area contributed by atoms with E-state index in [-0.39, 0.29) is 5.44 Å². The zero-order chi connectivity index (χ0) is 13.8. The maximum absolute atomic E-state index is 10.8. The molecule has 0 bridgehead atoms. The number of H-pyrrole nitrogens is 1. The molecule has 0 radical (unpaired) electrons. The van der Waals surface area contributed by atoms with Crippen molar-refractivity contribution in [2.45, 2.75) is 18.1 Å². The largest absolute Gasteiger partial charge is 0.480 e. The smallest absolute Gasteiger partial charge is 0.434 e. The molecule has 0 aliphatic carbocycles. The number of benzene rings is 1. The van der Waals surface area contributed by atoms with E-state index in [1.54, 1.807) is 0 Å². The number of hydrogen-bond donors (Lipinski definition) is 1. The van der Waals surface area contributed by atoms with Crippen LogP contribution in [-0.4, -0.2) is 15.6 Å². The molecule has 0 fully saturated rings. The molecule has 0 aliphatic rings. The van der Waals surface area contributed by atoms with Crippen molar-refractivity contribution in [3.05, 3.63) is 43.6 Å². The Morgan fingerprint density at radius 3 is 2.89 bits per heavy atom. The average molecular weight is 410 g/mol. The Balaban J connectivity index is 1.88. The molecule has 0 amide bonds. The zero-order valence-corrected chi connectivity index (χ0v) is 13.8. The minimum atomic E-state index is -0.541. The van der Waals surface area contributed by atoms with E-state index in [9.17, 15) is 4.79 Å². The molecule has 2 aromatic rings. The highest BCUT2D eigenvalue weighted by Gasteiger charge is 2.09. The molecule has 2 rings (SSSR count). The fourth-order valence-electron chi connectivity index (χ4n) is 1.29. The van der Waals surface area contributed by atoms with Crippen LogP contribution < -0.4 is 10.5 Å². The summed E-state index contributed by atoms with van der Waals surface area (Å²) in [7, 11) is 0. The van der Waals surface area contributed by atoms with Crippen LogP contribution in [0.3, 0.4) is 0 Å². The second-order valence-electron chi connectivity index (χ2n) is 3.58. The summed E-state index contributed by atoms with van der Waals surface area (Å²) < 4.78 is 12.4. The first-order valence-electron chi connectivity index (χ1n) is 5.32. The lowest BCUT2D eigenvalue weighted by Crippen LogP contribution is -2.07. The monoisotopic (exact) mass is 408 g/mol. The molecule has 1 atom stereocenters. The number of nitrogens with zero attached hydrogens (tertiary/aromatic N) is 1. The van der Waals surface area contributed by atoms with Gasteiger partial charge in [-0.25, -0.2) is 9.89 Å². The first-order chi connectivity index (χ1) is 9.04. The van der Waals surface area contributed by atoms with Gasteiger partial charge in [-0.15, -0.1) is 16.9 Å². The molecule has 0 saturated heterocycles. The Bertz CT molecular complexity index is 614. The highest BCUT2D eigenvalue weighted by atomic mass is 79.9. The summed E-state index contributed by atoms with van der Waals surface area (Å²) in [5, 5.41) is 5.94. The number of ether oxygens (including phenoxy) is 1. The van der Waals surface area contributed by atoms with E-state index < -0.39 is 5.76 Å². The third kappa shape index (κ3) is 4.39. The van der Waals surface area contributed by atoms with Gasteiger partial charge in [0.05, 0.1) is 5.75 Å². The van der Waals surface area contributed by atoms with E-state index in [1.807, 2.05) is 25.1 Å². The Labute approximate surface area is 130 Å². The summed E-state index contributed by atoms with van der Waals surface area (Å²) in [4.78, 5) is 10.8. The third-order valence-corrected chi connectivity index (χ3v) is 4.98. The van der Waals surface area contributed by atoms with E-state index in [2.05, 4.69) is 42.1 Å². The summed E-state index contributed by atoms with van der Waals surface area (Å²) in [6.45, 7) is 1.92. The average Bonchev–Trinajstić information content (AvgIpc) is 2.77. The molecule has 1 aromatic carbocycles. The molecule has 8 heteroatoms. The second kappa shape index (κ2) is 6.62. The topological polar surface area (TPSA) is 68.1 Å². The van der Waals surface area contributed by atoms with Gasteiger partial charge in [0.15, 0.2) is 0 Å². The number of nitrogens with one attached hydrogen (secondary N) is 1. The van der Waals surface area contributed by atoms with E-state index in [0.717, 1.165) is 14.7 Å². The van der Waals surface area contributed by atoms with Gasteiger partial charge in [0.2, 0.25) is 5.89 Å². The number of thioether (sulfide) groups is 1. The summed E-state index contributed by atoms with van der Waals surface area (Å²) in [5.74, 6) is 1.06. The lowest BCUT2D eigenvalue weighted by atomic mass is 10.3. The highest BCUT2D eigenvalue weighted by Crippen LogP contribution is 2.29. The van der Waals surface area contributed by atoms with E-state index in [4.69, 9.17) is 9.15 Å². The minimum Gasteiger partial charge on any atom is -0.480 e. The first-order valence-corrected chi connectivity index (χ1v) is 7.96. The lowest BCUT2D eigenvalue weighted by molar-refractivity contribution is 0.307. The van der Waals surface area contributed by atoms with Crippen LogP contribution in [0.4, 0.5) is 0 Å². The van der Waals surface area contributed by atoms with Crippen LogP contribution in [0, 0.1) is 0 Å². The van der Waals surface area contributed by atoms with Gasteiger partial charge in [0, 0.05) is 8.95 Å². The first kappa shape index (κ1) is 14.7. The van der Waals surface area contributed by atoms with E-state index in [1.165, 1.54) is 11.8 Å². The fourth-order valence-corrected chi connectivity index (χ4v) is 2.57. The molecule has 102 valence electrons. The maximum Gasteiger partial charge on any atom is 0.434 e. The molecular weight excluding hydrogens is 400 g/mol. The molecule has 0 saturated carbocycles. The van der Waals surface area contributed by atoms with Crippen molar-refractivity contribution in [3.8, 4) is 5.75 Å². The molecule has 0 aliphatic heterocycles. The van der Waals surface area contributed by atoms with Crippen molar-refractivity contribution < 1.29 is 9.15 Å². The van der Waals surface area contributed by atoms with Crippen LogP contribution in [0.15, 0.2) is 36.4 Å². The second-order valence-corrected chi connectivity index (χ2v) is 6.57. The Kier molecular flexibility index (Phi) is 5.12. The van der Waals surface area contributed by atoms with Gasteiger partial charge < -0.3 is 9.15 Å². The van der Waals surface area contributed by atoms with Crippen molar-refractivity contribution >= 4 is 43.6 Å². The number of hydrogen-bond acceptors (Lipinski definition) is 5. The molecule has 1 heterocycles. The van der Waals surface area contributed by atoms with Crippen molar-refractivity contribution in [2.75, 3.05) is 0 Å². The minimum absolute atomic E-state index is 0.0879. The molecule has 5 nitrogen and oxygen atoms in total.